The number of nitrogens with one attached hydrogen (secondary N) is 2. The van der Waals surface area contributed by atoms with E-state index in [1.165, 1.54) is 13.3 Å². The third-order valence-corrected chi connectivity index (χ3v) is 4.86. The molecule has 0 bridgehead atoms. The first-order chi connectivity index (χ1) is 17.5. The number of ether oxygens (including phenoxy) is 3. The molecule has 0 atom stereocenters. The number of rotatable bonds is 10. The van der Waals surface area contributed by atoms with Crippen LogP contribution in [0.4, 0.5) is 5.69 Å². The van der Waals surface area contributed by atoms with Crippen LogP contribution in [-0.4, -0.2) is 37.7 Å². The zero-order valence-corrected chi connectivity index (χ0v) is 20.0. The number of methoxy groups -OCH3 is 1. The molecule has 0 saturated carbocycles. The van der Waals surface area contributed by atoms with Crippen molar-refractivity contribution in [3.63, 3.8) is 0 Å². The number of hydrazone groups is 1. The minimum atomic E-state index is -0.922. The molecule has 9 nitrogen and oxygen atoms in total. The Labute approximate surface area is 209 Å². The summed E-state index contributed by atoms with van der Waals surface area (Å²) in [5.74, 6) is -1.13. The van der Waals surface area contributed by atoms with Gasteiger partial charge in [-0.15, -0.1) is 0 Å². The summed E-state index contributed by atoms with van der Waals surface area (Å²) >= 11 is 0. The number of anilines is 1. The van der Waals surface area contributed by atoms with E-state index in [1.54, 1.807) is 72.8 Å². The maximum Gasteiger partial charge on any atom is 0.343 e. The highest BCUT2D eigenvalue weighted by molar-refractivity contribution is 6.39. The predicted molar refractivity (Wildman–Crippen MR) is 136 cm³/mol. The maximum atomic E-state index is 12.6. The van der Waals surface area contributed by atoms with E-state index >= 15 is 0 Å². The zero-order valence-electron chi connectivity index (χ0n) is 20.0. The highest BCUT2D eigenvalue weighted by Crippen LogP contribution is 2.28. The first kappa shape index (κ1) is 26.0. The Morgan fingerprint density at radius 2 is 1.67 bits per heavy atom. The van der Waals surface area contributed by atoms with Crippen molar-refractivity contribution in [3.05, 3.63) is 83.9 Å². The monoisotopic (exact) mass is 489 g/mol. The van der Waals surface area contributed by atoms with E-state index in [4.69, 9.17) is 14.2 Å². The standard InChI is InChI=1S/C27H27N3O6/c1-3-4-16-35-22-13-11-20(12-14-22)27(33)36-23-15-10-19(17-24(23)34-2)18-28-30-26(32)25(31)29-21-8-6-5-7-9-21/h5-15,17-18H,3-4,16H2,1-2H3,(H,29,31)(H,30,32)/b28-18+. The molecule has 0 fully saturated rings. The Kier molecular flexibility index (Phi) is 9.58. The molecule has 0 heterocycles. The van der Waals surface area contributed by atoms with E-state index in [0.29, 0.717) is 34.9 Å². The number of benzene rings is 3. The van der Waals surface area contributed by atoms with Crippen molar-refractivity contribution >= 4 is 29.7 Å². The summed E-state index contributed by atoms with van der Waals surface area (Å²) in [7, 11) is 1.44. The Morgan fingerprint density at radius 1 is 0.917 bits per heavy atom. The summed E-state index contributed by atoms with van der Waals surface area (Å²) in [6.45, 7) is 2.71. The summed E-state index contributed by atoms with van der Waals surface area (Å²) in [6, 6.07) is 20.0. The SMILES string of the molecule is CCCCOc1ccc(C(=O)Oc2ccc(/C=N/NC(=O)C(=O)Nc3ccccc3)cc2OC)cc1. The lowest BCUT2D eigenvalue weighted by molar-refractivity contribution is -0.136. The van der Waals surface area contributed by atoms with Gasteiger partial charge >= 0.3 is 17.8 Å². The van der Waals surface area contributed by atoms with Crippen molar-refractivity contribution in [1.82, 2.24) is 5.43 Å². The van der Waals surface area contributed by atoms with Gasteiger partial charge in [-0.25, -0.2) is 10.2 Å². The van der Waals surface area contributed by atoms with Gasteiger partial charge in [0.1, 0.15) is 5.75 Å². The topological polar surface area (TPSA) is 115 Å². The van der Waals surface area contributed by atoms with Crippen LogP contribution in [0.15, 0.2) is 77.9 Å². The Balaban J connectivity index is 1.56. The highest BCUT2D eigenvalue weighted by atomic mass is 16.6. The summed E-state index contributed by atoms with van der Waals surface area (Å²) in [5.41, 5.74) is 3.56. The second-order valence-electron chi connectivity index (χ2n) is 7.55. The third kappa shape index (κ3) is 7.69. The Morgan fingerprint density at radius 3 is 2.36 bits per heavy atom. The number of carbonyl (C=O) groups excluding carboxylic acids is 3. The zero-order chi connectivity index (χ0) is 25.8. The molecule has 0 radical (unpaired) electrons. The number of para-hydroxylation sites is 1. The molecule has 0 unspecified atom stereocenters. The van der Waals surface area contributed by atoms with Gasteiger partial charge in [0, 0.05) is 5.69 Å². The summed E-state index contributed by atoms with van der Waals surface area (Å²) in [5, 5.41) is 6.25. The molecule has 0 aliphatic heterocycles. The van der Waals surface area contributed by atoms with Gasteiger partial charge in [0.25, 0.3) is 0 Å². The van der Waals surface area contributed by atoms with Gasteiger partial charge in [0.05, 0.1) is 25.5 Å². The van der Waals surface area contributed by atoms with Gasteiger partial charge in [-0.05, 0) is 66.6 Å². The fourth-order valence-corrected chi connectivity index (χ4v) is 2.95. The van der Waals surface area contributed by atoms with Crippen molar-refractivity contribution in [2.24, 2.45) is 5.10 Å². The van der Waals surface area contributed by atoms with Crippen LogP contribution in [0.2, 0.25) is 0 Å². The maximum absolute atomic E-state index is 12.6. The van der Waals surface area contributed by atoms with E-state index in [2.05, 4.69) is 22.8 Å². The minimum absolute atomic E-state index is 0.217. The quantitative estimate of drug-likeness (QED) is 0.110. The number of esters is 1. The number of hydrogen-bond acceptors (Lipinski definition) is 7. The van der Waals surface area contributed by atoms with Gasteiger partial charge < -0.3 is 19.5 Å². The number of amides is 2. The van der Waals surface area contributed by atoms with E-state index in [0.717, 1.165) is 12.8 Å². The molecule has 9 heteroatoms. The molecule has 3 rings (SSSR count). The van der Waals surface area contributed by atoms with Crippen molar-refractivity contribution in [2.75, 3.05) is 19.0 Å². The lowest BCUT2D eigenvalue weighted by Crippen LogP contribution is -2.32. The molecule has 0 spiro atoms. The van der Waals surface area contributed by atoms with Crippen LogP contribution < -0.4 is 25.0 Å². The Hall–Kier alpha value is -4.66. The third-order valence-electron chi connectivity index (χ3n) is 4.86. The molecule has 0 aromatic heterocycles. The van der Waals surface area contributed by atoms with Crippen molar-refractivity contribution in [3.8, 4) is 17.2 Å². The Bertz CT molecular complexity index is 1210. The smallest absolute Gasteiger partial charge is 0.343 e. The predicted octanol–water partition coefficient (Wildman–Crippen LogP) is 4.18. The first-order valence-electron chi connectivity index (χ1n) is 11.3. The molecular formula is C27H27N3O6. The molecule has 2 N–H and O–H groups in total. The van der Waals surface area contributed by atoms with Crippen LogP contribution in [0.25, 0.3) is 0 Å². The van der Waals surface area contributed by atoms with Crippen LogP contribution in [0, 0.1) is 0 Å². The summed E-state index contributed by atoms with van der Waals surface area (Å²) in [6.07, 6.45) is 3.33. The van der Waals surface area contributed by atoms with Crippen LogP contribution in [0.3, 0.4) is 0 Å². The van der Waals surface area contributed by atoms with Crippen LogP contribution in [-0.2, 0) is 9.59 Å². The molecule has 186 valence electrons. The van der Waals surface area contributed by atoms with E-state index in [9.17, 15) is 14.4 Å². The molecule has 0 aliphatic rings. The second kappa shape index (κ2) is 13.3. The van der Waals surface area contributed by atoms with Crippen LogP contribution >= 0.6 is 0 Å². The van der Waals surface area contributed by atoms with E-state index < -0.39 is 17.8 Å². The van der Waals surface area contributed by atoms with Gasteiger partial charge in [0.2, 0.25) is 0 Å². The van der Waals surface area contributed by atoms with E-state index in [-0.39, 0.29) is 5.75 Å². The van der Waals surface area contributed by atoms with Crippen molar-refractivity contribution in [1.29, 1.82) is 0 Å². The second-order valence-corrected chi connectivity index (χ2v) is 7.55. The molecule has 3 aromatic rings. The largest absolute Gasteiger partial charge is 0.494 e. The van der Waals surface area contributed by atoms with Crippen molar-refractivity contribution < 1.29 is 28.6 Å². The van der Waals surface area contributed by atoms with Gasteiger partial charge in [-0.1, -0.05) is 31.5 Å². The van der Waals surface area contributed by atoms with E-state index in [1.807, 2.05) is 0 Å². The fraction of sp³-hybridized carbons (Fsp3) is 0.185. The lowest BCUT2D eigenvalue weighted by Gasteiger charge is -2.10. The molecule has 0 saturated heterocycles. The molecule has 2 amide bonds. The molecular weight excluding hydrogens is 462 g/mol. The average molecular weight is 490 g/mol. The number of carbonyl (C=O) groups is 3. The van der Waals surface area contributed by atoms with Crippen molar-refractivity contribution in [2.45, 2.75) is 19.8 Å². The average Bonchev–Trinajstić information content (AvgIpc) is 2.90. The molecule has 3 aromatic carbocycles. The summed E-state index contributed by atoms with van der Waals surface area (Å²) in [4.78, 5) is 36.4. The number of hydrogen-bond donors (Lipinski definition) is 2. The fourth-order valence-electron chi connectivity index (χ4n) is 2.95. The number of nitrogens with zero attached hydrogens (tertiary/aromatic N) is 1. The van der Waals surface area contributed by atoms with Crippen LogP contribution in [0.5, 0.6) is 17.2 Å². The van der Waals surface area contributed by atoms with Gasteiger partial charge in [0.15, 0.2) is 11.5 Å². The molecule has 36 heavy (non-hydrogen) atoms. The summed E-state index contributed by atoms with van der Waals surface area (Å²) < 4.78 is 16.4. The highest BCUT2D eigenvalue weighted by Gasteiger charge is 2.14. The lowest BCUT2D eigenvalue weighted by atomic mass is 10.2. The first-order valence-corrected chi connectivity index (χ1v) is 11.3. The molecule has 0 aliphatic carbocycles. The minimum Gasteiger partial charge on any atom is -0.494 e. The van der Waals surface area contributed by atoms with Gasteiger partial charge in [-0.2, -0.15) is 5.10 Å². The number of unbranched alkanes of at least 4 members (excludes halogenated alkanes) is 1. The van der Waals surface area contributed by atoms with Crippen LogP contribution in [0.1, 0.15) is 35.7 Å². The van der Waals surface area contributed by atoms with Gasteiger partial charge in [-0.3, -0.25) is 9.59 Å². The normalized spacial score (nSPS) is 10.5.